The van der Waals surface area contributed by atoms with E-state index in [2.05, 4.69) is 21.1 Å². The van der Waals surface area contributed by atoms with E-state index in [9.17, 15) is 26.3 Å². The van der Waals surface area contributed by atoms with Gasteiger partial charge < -0.3 is 15.5 Å². The Morgan fingerprint density at radius 3 is 1.69 bits per heavy atom. The Balaban J connectivity index is 3.02. The summed E-state index contributed by atoms with van der Waals surface area (Å²) in [7, 11) is 3.67. The summed E-state index contributed by atoms with van der Waals surface area (Å²) < 4.78 is 73.7. The maximum Gasteiger partial charge on any atom is 0.405 e. The van der Waals surface area contributed by atoms with Crippen LogP contribution in [0.15, 0.2) is 34.5 Å². The fraction of sp³-hybridized carbons (Fsp3) is 0.412. The molecule has 0 aliphatic rings. The largest absolute Gasteiger partial charge is 0.405 e. The zero-order chi connectivity index (χ0) is 24.5. The summed E-state index contributed by atoms with van der Waals surface area (Å²) in [6.07, 6.45) is -8.94. The predicted molar refractivity (Wildman–Crippen MR) is 120 cm³/mol. The summed E-state index contributed by atoms with van der Waals surface area (Å²) in [4.78, 5) is 1.85. The minimum atomic E-state index is -4.47. The van der Waals surface area contributed by atoms with Gasteiger partial charge in [0.05, 0.1) is 5.71 Å². The second kappa shape index (κ2) is 11.8. The molecule has 1 aromatic carbocycles. The number of hydrogen-bond acceptors (Lipinski definition) is 5. The maximum atomic E-state index is 12.3. The van der Waals surface area contributed by atoms with E-state index in [4.69, 9.17) is 24.4 Å². The molecule has 0 saturated carbocycles. The number of anilines is 1. The van der Waals surface area contributed by atoms with E-state index < -0.39 is 25.4 Å². The molecule has 0 radical (unpaired) electrons. The van der Waals surface area contributed by atoms with Crippen molar-refractivity contribution < 1.29 is 26.3 Å². The van der Waals surface area contributed by atoms with Gasteiger partial charge in [0.25, 0.3) is 0 Å². The van der Waals surface area contributed by atoms with Crippen molar-refractivity contribution in [2.45, 2.75) is 19.3 Å². The van der Waals surface area contributed by atoms with Crippen LogP contribution in [0.4, 0.5) is 32.0 Å². The number of hydrogen-bond donors (Lipinski definition) is 4. The van der Waals surface area contributed by atoms with Crippen LogP contribution >= 0.6 is 24.4 Å². The zero-order valence-electron chi connectivity index (χ0n) is 17.1. The molecular weight excluding hydrogens is 480 g/mol. The van der Waals surface area contributed by atoms with Crippen LogP contribution in [0.2, 0.25) is 0 Å². The molecule has 0 bridgehead atoms. The third kappa shape index (κ3) is 11.1. The van der Waals surface area contributed by atoms with Crippen molar-refractivity contribution in [3.05, 3.63) is 29.8 Å². The molecule has 0 aliphatic heterocycles. The molecule has 0 aliphatic carbocycles. The van der Waals surface area contributed by atoms with Gasteiger partial charge in [-0.2, -0.15) is 36.5 Å². The molecule has 0 fully saturated rings. The molecule has 0 aromatic heterocycles. The molecule has 0 heterocycles. The first-order chi connectivity index (χ1) is 14.7. The summed E-state index contributed by atoms with van der Waals surface area (Å²) in [6, 6.07) is 6.89. The van der Waals surface area contributed by atoms with Gasteiger partial charge >= 0.3 is 12.4 Å². The van der Waals surface area contributed by atoms with Gasteiger partial charge in [0.1, 0.15) is 18.8 Å². The van der Waals surface area contributed by atoms with Gasteiger partial charge in [-0.25, -0.2) is 0 Å². The van der Waals surface area contributed by atoms with E-state index in [1.165, 1.54) is 6.92 Å². The fourth-order valence-electron chi connectivity index (χ4n) is 2.01. The maximum absolute atomic E-state index is 12.3. The third-order valence-electron chi connectivity index (χ3n) is 3.49. The number of thiocarbonyl (C=S) groups is 2. The highest BCUT2D eigenvalue weighted by atomic mass is 32.1. The molecule has 178 valence electrons. The van der Waals surface area contributed by atoms with E-state index in [0.29, 0.717) is 5.56 Å². The highest BCUT2D eigenvalue weighted by Crippen LogP contribution is 2.14. The van der Waals surface area contributed by atoms with Crippen LogP contribution in [0.1, 0.15) is 12.5 Å². The zero-order valence-corrected chi connectivity index (χ0v) is 18.8. The van der Waals surface area contributed by atoms with E-state index >= 15 is 0 Å². The summed E-state index contributed by atoms with van der Waals surface area (Å²) in [5.41, 5.74) is 6.28. The molecule has 0 spiro atoms. The van der Waals surface area contributed by atoms with Gasteiger partial charge in [-0.05, 0) is 43.5 Å². The molecular formula is C17H21F6N7S2. The molecule has 0 unspecified atom stereocenters. The van der Waals surface area contributed by atoms with Crippen LogP contribution in [-0.2, 0) is 0 Å². The quantitative estimate of drug-likeness (QED) is 0.198. The van der Waals surface area contributed by atoms with Crippen molar-refractivity contribution in [1.82, 2.24) is 21.5 Å². The van der Waals surface area contributed by atoms with Crippen LogP contribution in [-0.4, -0.2) is 61.2 Å². The Kier molecular flexibility index (Phi) is 10.1. The minimum Gasteiger partial charge on any atom is -0.378 e. The number of nitrogens with one attached hydrogen (secondary N) is 4. The highest BCUT2D eigenvalue weighted by Gasteiger charge is 2.27. The number of halogens is 6. The van der Waals surface area contributed by atoms with Gasteiger partial charge in [-0.15, -0.1) is 0 Å². The molecule has 4 N–H and O–H groups in total. The topological polar surface area (TPSA) is 76.1 Å². The van der Waals surface area contributed by atoms with Crippen molar-refractivity contribution in [3.8, 4) is 0 Å². The third-order valence-corrected chi connectivity index (χ3v) is 3.96. The normalized spacial score (nSPS) is 12.8. The lowest BCUT2D eigenvalue weighted by atomic mass is 10.1. The van der Waals surface area contributed by atoms with E-state index in [0.717, 1.165) is 5.69 Å². The Hall–Kier alpha value is -2.68. The van der Waals surface area contributed by atoms with Crippen LogP contribution in [0.25, 0.3) is 0 Å². The number of benzene rings is 1. The second-order valence-corrected chi connectivity index (χ2v) is 7.23. The molecule has 0 atom stereocenters. The average Bonchev–Trinajstić information content (AvgIpc) is 2.68. The Labute approximate surface area is 191 Å². The minimum absolute atomic E-state index is 0.164. The van der Waals surface area contributed by atoms with Crippen LogP contribution < -0.4 is 26.4 Å². The monoisotopic (exact) mass is 501 g/mol. The fourth-order valence-corrected chi connectivity index (χ4v) is 2.24. The van der Waals surface area contributed by atoms with Crippen LogP contribution in [0.3, 0.4) is 0 Å². The number of alkyl halides is 6. The molecule has 7 nitrogen and oxygen atoms in total. The molecule has 0 amide bonds. The van der Waals surface area contributed by atoms with Gasteiger partial charge in [-0.1, -0.05) is 12.1 Å². The molecule has 1 rings (SSSR count). The Bertz CT molecular complexity index is 848. The van der Waals surface area contributed by atoms with Crippen LogP contribution in [0.5, 0.6) is 0 Å². The van der Waals surface area contributed by atoms with Crippen molar-refractivity contribution >= 4 is 51.8 Å². The first-order valence-corrected chi connectivity index (χ1v) is 9.61. The number of hydrazone groups is 2. The molecule has 15 heteroatoms. The lowest BCUT2D eigenvalue weighted by Crippen LogP contribution is -2.40. The lowest BCUT2D eigenvalue weighted by Gasteiger charge is -2.15. The predicted octanol–water partition coefficient (Wildman–Crippen LogP) is 2.89. The lowest BCUT2D eigenvalue weighted by molar-refractivity contribution is -0.122. The summed E-state index contributed by atoms with van der Waals surface area (Å²) >= 11 is 9.52. The summed E-state index contributed by atoms with van der Waals surface area (Å²) in [5.74, 6) is 0. The highest BCUT2D eigenvalue weighted by molar-refractivity contribution is 7.80. The summed E-state index contributed by atoms with van der Waals surface area (Å²) in [6.45, 7) is -1.22. The van der Waals surface area contributed by atoms with E-state index in [1.807, 2.05) is 29.6 Å². The Morgan fingerprint density at radius 1 is 0.844 bits per heavy atom. The van der Waals surface area contributed by atoms with Crippen molar-refractivity contribution in [2.75, 3.05) is 32.1 Å². The Morgan fingerprint density at radius 2 is 1.28 bits per heavy atom. The first-order valence-electron chi connectivity index (χ1n) is 8.79. The van der Waals surface area contributed by atoms with Gasteiger partial charge in [0.2, 0.25) is 0 Å². The average molecular weight is 502 g/mol. The summed E-state index contributed by atoms with van der Waals surface area (Å²) in [5, 5.41) is 11.0. The smallest absolute Gasteiger partial charge is 0.378 e. The first kappa shape index (κ1) is 27.4. The SMILES string of the molecule is CC(=N\NC(=S)NCC(F)(F)F)/C(=N/NC(=S)NCC(F)(F)F)c1ccc(N(C)C)cc1. The van der Waals surface area contributed by atoms with Gasteiger partial charge in [0.15, 0.2) is 10.2 Å². The molecule has 1 aromatic rings. The van der Waals surface area contributed by atoms with Gasteiger partial charge in [-0.3, -0.25) is 10.9 Å². The second-order valence-electron chi connectivity index (χ2n) is 6.42. The molecule has 0 saturated heterocycles. The van der Waals surface area contributed by atoms with Crippen LogP contribution in [0, 0.1) is 0 Å². The number of nitrogens with zero attached hydrogens (tertiary/aromatic N) is 3. The number of rotatable bonds is 7. The van der Waals surface area contributed by atoms with E-state index in [-0.39, 0.29) is 21.6 Å². The van der Waals surface area contributed by atoms with Crippen molar-refractivity contribution in [3.63, 3.8) is 0 Å². The van der Waals surface area contributed by atoms with Crippen molar-refractivity contribution in [2.24, 2.45) is 10.2 Å². The van der Waals surface area contributed by atoms with E-state index in [1.54, 1.807) is 24.3 Å². The van der Waals surface area contributed by atoms with Crippen molar-refractivity contribution in [1.29, 1.82) is 0 Å². The standard InChI is InChI=1S/C17H21F6N7S2/c1-10(26-28-14(31)24-8-16(18,19)20)13(11-4-6-12(7-5-11)30(2)3)27-29-15(32)25-9-17(21,22)23/h4-7H,8-9H2,1-3H3,(H2,24,28,31)(H2,25,29,32)/b26-10+,27-13-. The van der Waals surface area contributed by atoms with Gasteiger partial charge in [0, 0.05) is 25.3 Å². The molecule has 32 heavy (non-hydrogen) atoms.